The van der Waals surface area contributed by atoms with Gasteiger partial charge in [0.1, 0.15) is 5.82 Å². The van der Waals surface area contributed by atoms with Crippen molar-refractivity contribution in [3.8, 4) is 0 Å². The third-order valence-corrected chi connectivity index (χ3v) is 3.92. The van der Waals surface area contributed by atoms with Crippen LogP contribution < -0.4 is 10.6 Å². The van der Waals surface area contributed by atoms with Crippen LogP contribution in [0.1, 0.15) is 26.7 Å². The average Bonchev–Trinajstić information content (AvgIpc) is 2.42. The van der Waals surface area contributed by atoms with E-state index in [1.54, 1.807) is 12.1 Å². The van der Waals surface area contributed by atoms with Crippen molar-refractivity contribution in [2.45, 2.75) is 38.8 Å². The molecule has 1 aliphatic heterocycles. The van der Waals surface area contributed by atoms with Gasteiger partial charge >= 0.3 is 0 Å². The van der Waals surface area contributed by atoms with E-state index in [2.05, 4.69) is 29.4 Å². The first-order chi connectivity index (χ1) is 9.54. The SMILES string of the molecule is CC(C)N1CCC(NC(=S)Nc2ccc(F)cc2)CC1. The molecular weight excluding hydrogens is 273 g/mol. The highest BCUT2D eigenvalue weighted by Gasteiger charge is 2.21. The molecule has 1 saturated heterocycles. The average molecular weight is 295 g/mol. The molecule has 0 saturated carbocycles. The van der Waals surface area contributed by atoms with Gasteiger partial charge < -0.3 is 15.5 Å². The fraction of sp³-hybridized carbons (Fsp3) is 0.533. The summed E-state index contributed by atoms with van der Waals surface area (Å²) in [6, 6.07) is 7.25. The van der Waals surface area contributed by atoms with Crippen LogP contribution in [0.15, 0.2) is 24.3 Å². The van der Waals surface area contributed by atoms with Gasteiger partial charge in [0.05, 0.1) is 0 Å². The van der Waals surface area contributed by atoms with Gasteiger partial charge in [0, 0.05) is 30.9 Å². The van der Waals surface area contributed by atoms with Crippen LogP contribution >= 0.6 is 12.2 Å². The summed E-state index contributed by atoms with van der Waals surface area (Å²) in [7, 11) is 0. The van der Waals surface area contributed by atoms with E-state index >= 15 is 0 Å². The second-order valence-corrected chi connectivity index (χ2v) is 5.92. The van der Waals surface area contributed by atoms with Crippen molar-refractivity contribution in [2.75, 3.05) is 18.4 Å². The smallest absolute Gasteiger partial charge is 0.170 e. The number of likely N-dealkylation sites (tertiary alicyclic amines) is 1. The molecule has 3 nitrogen and oxygen atoms in total. The van der Waals surface area contributed by atoms with Crippen molar-refractivity contribution in [3.63, 3.8) is 0 Å². The van der Waals surface area contributed by atoms with E-state index in [1.807, 2.05) is 0 Å². The molecule has 1 aliphatic rings. The lowest BCUT2D eigenvalue weighted by atomic mass is 10.0. The molecule has 0 spiro atoms. The molecule has 0 amide bonds. The summed E-state index contributed by atoms with van der Waals surface area (Å²) in [6.07, 6.45) is 2.20. The summed E-state index contributed by atoms with van der Waals surface area (Å²) in [4.78, 5) is 2.48. The molecule has 0 unspecified atom stereocenters. The number of anilines is 1. The van der Waals surface area contributed by atoms with E-state index in [4.69, 9.17) is 12.2 Å². The van der Waals surface area contributed by atoms with Crippen LogP contribution in [0.3, 0.4) is 0 Å². The summed E-state index contributed by atoms with van der Waals surface area (Å²) < 4.78 is 12.8. The molecule has 0 radical (unpaired) electrons. The van der Waals surface area contributed by atoms with Crippen molar-refractivity contribution >= 4 is 23.0 Å². The summed E-state index contributed by atoms with van der Waals surface area (Å²) in [5.74, 6) is -0.240. The molecule has 20 heavy (non-hydrogen) atoms. The predicted molar refractivity (Wildman–Crippen MR) is 85.5 cm³/mol. The number of thiocarbonyl (C=S) groups is 1. The van der Waals surface area contributed by atoms with Crippen LogP contribution in [0.2, 0.25) is 0 Å². The molecule has 1 fully saturated rings. The lowest BCUT2D eigenvalue weighted by molar-refractivity contribution is 0.168. The Bertz CT molecular complexity index is 439. The second kappa shape index (κ2) is 6.99. The molecule has 5 heteroatoms. The van der Waals surface area contributed by atoms with Gasteiger partial charge in [-0.2, -0.15) is 0 Å². The van der Waals surface area contributed by atoms with Crippen LogP contribution in [0.4, 0.5) is 10.1 Å². The zero-order chi connectivity index (χ0) is 14.5. The van der Waals surface area contributed by atoms with Gasteiger partial charge in [-0.05, 0) is 63.2 Å². The second-order valence-electron chi connectivity index (χ2n) is 5.51. The molecule has 0 bridgehead atoms. The third kappa shape index (κ3) is 4.42. The molecule has 0 aromatic heterocycles. The number of hydrogen-bond donors (Lipinski definition) is 2. The normalized spacial score (nSPS) is 17.2. The van der Waals surface area contributed by atoms with E-state index < -0.39 is 0 Å². The van der Waals surface area contributed by atoms with Crippen molar-refractivity contribution in [1.82, 2.24) is 10.2 Å². The first-order valence-corrected chi connectivity index (χ1v) is 7.52. The minimum Gasteiger partial charge on any atom is -0.360 e. The van der Waals surface area contributed by atoms with Gasteiger partial charge in [0.2, 0.25) is 0 Å². The molecule has 2 N–H and O–H groups in total. The van der Waals surface area contributed by atoms with Crippen molar-refractivity contribution < 1.29 is 4.39 Å². The zero-order valence-electron chi connectivity index (χ0n) is 12.0. The first-order valence-electron chi connectivity index (χ1n) is 7.12. The highest BCUT2D eigenvalue weighted by Crippen LogP contribution is 2.13. The lowest BCUT2D eigenvalue weighted by Crippen LogP contribution is -2.47. The molecule has 1 heterocycles. The van der Waals surface area contributed by atoms with E-state index in [1.165, 1.54) is 12.1 Å². The Balaban J connectivity index is 1.77. The van der Waals surface area contributed by atoms with Gasteiger partial charge in [-0.1, -0.05) is 0 Å². The third-order valence-electron chi connectivity index (χ3n) is 3.70. The van der Waals surface area contributed by atoms with Crippen LogP contribution in [0.5, 0.6) is 0 Å². The Hall–Kier alpha value is -1.20. The van der Waals surface area contributed by atoms with Crippen molar-refractivity contribution in [2.24, 2.45) is 0 Å². The van der Waals surface area contributed by atoms with Crippen LogP contribution in [-0.4, -0.2) is 35.2 Å². The highest BCUT2D eigenvalue weighted by atomic mass is 32.1. The van der Waals surface area contributed by atoms with Crippen molar-refractivity contribution in [1.29, 1.82) is 0 Å². The Kier molecular flexibility index (Phi) is 5.31. The maximum absolute atomic E-state index is 12.8. The molecule has 0 atom stereocenters. The topological polar surface area (TPSA) is 27.3 Å². The summed E-state index contributed by atoms with van der Waals surface area (Å²) in [6.45, 7) is 6.67. The maximum Gasteiger partial charge on any atom is 0.170 e. The highest BCUT2D eigenvalue weighted by molar-refractivity contribution is 7.80. The number of nitrogens with one attached hydrogen (secondary N) is 2. The minimum absolute atomic E-state index is 0.240. The quantitative estimate of drug-likeness (QED) is 0.838. The number of rotatable bonds is 3. The number of hydrogen-bond acceptors (Lipinski definition) is 2. The fourth-order valence-electron chi connectivity index (χ4n) is 2.45. The Labute approximate surface area is 125 Å². The summed E-state index contributed by atoms with van der Waals surface area (Å²) in [5.41, 5.74) is 0.809. The van der Waals surface area contributed by atoms with Gasteiger partial charge in [-0.3, -0.25) is 0 Å². The van der Waals surface area contributed by atoms with E-state index in [9.17, 15) is 4.39 Å². The molecule has 1 aromatic carbocycles. The maximum atomic E-state index is 12.8. The monoisotopic (exact) mass is 295 g/mol. The summed E-state index contributed by atoms with van der Waals surface area (Å²) in [5, 5.41) is 7.04. The number of halogens is 1. The van der Waals surface area contributed by atoms with Gasteiger partial charge in [0.15, 0.2) is 5.11 Å². The Morgan fingerprint density at radius 2 is 1.85 bits per heavy atom. The number of nitrogens with zero attached hydrogens (tertiary/aromatic N) is 1. The van der Waals surface area contributed by atoms with E-state index in [0.717, 1.165) is 31.6 Å². The zero-order valence-corrected chi connectivity index (χ0v) is 12.8. The first kappa shape index (κ1) is 15.2. The summed E-state index contributed by atoms with van der Waals surface area (Å²) >= 11 is 5.30. The Morgan fingerprint density at radius 3 is 2.40 bits per heavy atom. The number of benzene rings is 1. The minimum atomic E-state index is -0.240. The molecule has 0 aliphatic carbocycles. The lowest BCUT2D eigenvalue weighted by Gasteiger charge is -2.35. The van der Waals surface area contributed by atoms with E-state index in [-0.39, 0.29) is 5.82 Å². The fourth-order valence-corrected chi connectivity index (χ4v) is 2.73. The predicted octanol–water partition coefficient (Wildman–Crippen LogP) is 2.98. The van der Waals surface area contributed by atoms with E-state index in [0.29, 0.717) is 17.2 Å². The Morgan fingerprint density at radius 1 is 1.25 bits per heavy atom. The molecular formula is C15H22FN3S. The van der Waals surface area contributed by atoms with Crippen LogP contribution in [0, 0.1) is 5.82 Å². The largest absolute Gasteiger partial charge is 0.360 e. The van der Waals surface area contributed by atoms with Crippen molar-refractivity contribution in [3.05, 3.63) is 30.1 Å². The van der Waals surface area contributed by atoms with Crippen LogP contribution in [-0.2, 0) is 0 Å². The standard InChI is InChI=1S/C15H22FN3S/c1-11(2)19-9-7-14(8-10-19)18-15(20)17-13-5-3-12(16)4-6-13/h3-6,11,14H,7-10H2,1-2H3,(H2,17,18,20). The van der Waals surface area contributed by atoms with Gasteiger partial charge in [-0.25, -0.2) is 4.39 Å². The van der Waals surface area contributed by atoms with Gasteiger partial charge in [0.25, 0.3) is 0 Å². The van der Waals surface area contributed by atoms with Crippen LogP contribution in [0.25, 0.3) is 0 Å². The molecule has 2 rings (SSSR count). The number of piperidine rings is 1. The molecule has 110 valence electrons. The molecule has 1 aromatic rings. The van der Waals surface area contributed by atoms with Gasteiger partial charge in [-0.15, -0.1) is 0 Å².